The molecule has 0 aromatic carbocycles. The summed E-state index contributed by atoms with van der Waals surface area (Å²) in [6.07, 6.45) is 6.81. The predicted molar refractivity (Wildman–Crippen MR) is 114 cm³/mol. The van der Waals surface area contributed by atoms with E-state index in [4.69, 9.17) is 4.42 Å². The molecular formula is C23H30N4O3. The maximum absolute atomic E-state index is 12.7. The number of nitrogens with zero attached hydrogens (tertiary/aromatic N) is 4. The number of furan rings is 1. The molecule has 2 aromatic heterocycles. The van der Waals surface area contributed by atoms with E-state index in [-0.39, 0.29) is 11.8 Å². The standard InChI is InChI=1S/C23H30N4O3/c1-18-9-16-30-22(18)23(29)27-11-4-5-19(17-27)7-8-21(28)26-14-12-25(13-15-26)20-6-2-3-10-24-20/h2-3,6,9-10,16,19H,4-5,7-8,11-15,17H2,1H3/t19-/m1/s1. The number of hydrogen-bond acceptors (Lipinski definition) is 5. The second-order valence-corrected chi connectivity index (χ2v) is 8.29. The van der Waals surface area contributed by atoms with Crippen LogP contribution in [0.1, 0.15) is 41.8 Å². The van der Waals surface area contributed by atoms with Gasteiger partial charge in [-0.05, 0) is 50.3 Å². The Morgan fingerprint density at radius 1 is 1.10 bits per heavy atom. The Bertz CT molecular complexity index is 858. The molecule has 7 nitrogen and oxygen atoms in total. The summed E-state index contributed by atoms with van der Waals surface area (Å²) in [5.74, 6) is 1.98. The lowest BCUT2D eigenvalue weighted by atomic mass is 9.93. The lowest BCUT2D eigenvalue weighted by Gasteiger charge is -2.36. The van der Waals surface area contributed by atoms with Crippen molar-refractivity contribution in [2.24, 2.45) is 5.92 Å². The summed E-state index contributed by atoms with van der Waals surface area (Å²) in [7, 11) is 0. The van der Waals surface area contributed by atoms with Crippen LogP contribution in [0.3, 0.4) is 0 Å². The van der Waals surface area contributed by atoms with Crippen LogP contribution < -0.4 is 4.90 Å². The molecule has 2 amide bonds. The van der Waals surface area contributed by atoms with Gasteiger partial charge in [0.15, 0.2) is 5.76 Å². The third-order valence-electron chi connectivity index (χ3n) is 6.23. The fourth-order valence-corrected chi connectivity index (χ4v) is 4.43. The van der Waals surface area contributed by atoms with E-state index in [9.17, 15) is 9.59 Å². The molecule has 2 saturated heterocycles. The lowest BCUT2D eigenvalue weighted by Crippen LogP contribution is -2.49. The molecular weight excluding hydrogens is 380 g/mol. The number of likely N-dealkylation sites (tertiary alicyclic amines) is 1. The SMILES string of the molecule is Cc1ccoc1C(=O)N1CCC[C@H](CCC(=O)N2CCN(c3ccccn3)CC2)C1. The molecule has 2 fully saturated rings. The third kappa shape index (κ3) is 4.66. The number of aryl methyl sites for hydroxylation is 1. The number of carbonyl (C=O) groups excluding carboxylic acids is 2. The first-order valence-corrected chi connectivity index (χ1v) is 10.9. The van der Waals surface area contributed by atoms with Gasteiger partial charge in [0.05, 0.1) is 6.26 Å². The van der Waals surface area contributed by atoms with Gasteiger partial charge in [-0.1, -0.05) is 6.07 Å². The number of carbonyl (C=O) groups is 2. The molecule has 0 bridgehead atoms. The molecule has 2 aliphatic rings. The number of aromatic nitrogens is 1. The minimum Gasteiger partial charge on any atom is -0.459 e. The normalized spacial score (nSPS) is 19.8. The Morgan fingerprint density at radius 2 is 1.93 bits per heavy atom. The number of rotatable bonds is 5. The molecule has 4 rings (SSSR count). The fourth-order valence-electron chi connectivity index (χ4n) is 4.43. The van der Waals surface area contributed by atoms with Crippen LogP contribution in [-0.4, -0.2) is 65.9 Å². The van der Waals surface area contributed by atoms with E-state index in [1.165, 1.54) is 0 Å². The van der Waals surface area contributed by atoms with Gasteiger partial charge in [-0.2, -0.15) is 0 Å². The summed E-state index contributed by atoms with van der Waals surface area (Å²) in [6, 6.07) is 7.74. The van der Waals surface area contributed by atoms with Gasteiger partial charge in [0.2, 0.25) is 5.91 Å². The molecule has 1 atom stereocenters. The van der Waals surface area contributed by atoms with Gasteiger partial charge in [0.25, 0.3) is 5.91 Å². The first-order chi connectivity index (χ1) is 14.6. The number of anilines is 1. The summed E-state index contributed by atoms with van der Waals surface area (Å²) in [6.45, 7) is 6.47. The van der Waals surface area contributed by atoms with Crippen molar-refractivity contribution in [3.8, 4) is 0 Å². The van der Waals surface area contributed by atoms with E-state index in [2.05, 4.69) is 9.88 Å². The van der Waals surface area contributed by atoms with Crippen LogP contribution in [0, 0.1) is 12.8 Å². The lowest BCUT2D eigenvalue weighted by molar-refractivity contribution is -0.131. The molecule has 4 heterocycles. The van der Waals surface area contributed by atoms with E-state index < -0.39 is 0 Å². The number of pyridine rings is 1. The predicted octanol–water partition coefficient (Wildman–Crippen LogP) is 2.96. The summed E-state index contributed by atoms with van der Waals surface area (Å²) >= 11 is 0. The van der Waals surface area contributed by atoms with Crippen molar-refractivity contribution >= 4 is 17.6 Å². The van der Waals surface area contributed by atoms with Crippen LogP contribution in [-0.2, 0) is 4.79 Å². The van der Waals surface area contributed by atoms with Crippen molar-refractivity contribution in [2.45, 2.75) is 32.6 Å². The first kappa shape index (κ1) is 20.4. The zero-order chi connectivity index (χ0) is 20.9. The van der Waals surface area contributed by atoms with Crippen LogP contribution >= 0.6 is 0 Å². The minimum absolute atomic E-state index is 0.0285. The van der Waals surface area contributed by atoms with Crippen molar-refractivity contribution in [2.75, 3.05) is 44.2 Å². The van der Waals surface area contributed by atoms with Crippen LogP contribution in [0.4, 0.5) is 5.82 Å². The highest BCUT2D eigenvalue weighted by atomic mass is 16.3. The molecule has 0 radical (unpaired) electrons. The van der Waals surface area contributed by atoms with Gasteiger partial charge in [-0.3, -0.25) is 9.59 Å². The zero-order valence-electron chi connectivity index (χ0n) is 17.6. The van der Waals surface area contributed by atoms with Gasteiger partial charge in [-0.15, -0.1) is 0 Å². The molecule has 0 N–H and O–H groups in total. The summed E-state index contributed by atoms with van der Waals surface area (Å²) in [4.78, 5) is 35.9. The fraction of sp³-hybridized carbons (Fsp3) is 0.522. The van der Waals surface area contributed by atoms with E-state index in [1.54, 1.807) is 12.5 Å². The van der Waals surface area contributed by atoms with Gasteiger partial charge in [0, 0.05) is 57.4 Å². The molecule has 160 valence electrons. The maximum atomic E-state index is 12.7. The highest BCUT2D eigenvalue weighted by Gasteiger charge is 2.28. The Morgan fingerprint density at radius 3 is 2.63 bits per heavy atom. The summed E-state index contributed by atoms with van der Waals surface area (Å²) in [5.41, 5.74) is 0.877. The second-order valence-electron chi connectivity index (χ2n) is 8.29. The molecule has 0 unspecified atom stereocenters. The number of piperazine rings is 1. The number of hydrogen-bond donors (Lipinski definition) is 0. The number of piperidine rings is 1. The van der Waals surface area contributed by atoms with Crippen LogP contribution in [0.2, 0.25) is 0 Å². The molecule has 0 aliphatic carbocycles. The van der Waals surface area contributed by atoms with Crippen molar-refractivity contribution < 1.29 is 14.0 Å². The van der Waals surface area contributed by atoms with Gasteiger partial charge >= 0.3 is 0 Å². The zero-order valence-corrected chi connectivity index (χ0v) is 17.6. The molecule has 0 saturated carbocycles. The highest BCUT2D eigenvalue weighted by molar-refractivity contribution is 5.92. The van der Waals surface area contributed by atoms with Gasteiger partial charge in [0.1, 0.15) is 5.82 Å². The van der Waals surface area contributed by atoms with Crippen molar-refractivity contribution in [1.82, 2.24) is 14.8 Å². The molecule has 2 aliphatic heterocycles. The molecule has 7 heteroatoms. The minimum atomic E-state index is -0.0285. The monoisotopic (exact) mass is 410 g/mol. The highest BCUT2D eigenvalue weighted by Crippen LogP contribution is 2.24. The van der Waals surface area contributed by atoms with E-state index >= 15 is 0 Å². The van der Waals surface area contributed by atoms with E-state index in [1.807, 2.05) is 41.0 Å². The summed E-state index contributed by atoms with van der Waals surface area (Å²) in [5, 5.41) is 0. The van der Waals surface area contributed by atoms with Gasteiger partial charge in [-0.25, -0.2) is 4.98 Å². The van der Waals surface area contributed by atoms with E-state index in [0.717, 1.165) is 63.4 Å². The smallest absolute Gasteiger partial charge is 0.289 e. The quantitative estimate of drug-likeness (QED) is 0.758. The van der Waals surface area contributed by atoms with E-state index in [0.29, 0.717) is 24.6 Å². The Balaban J connectivity index is 1.23. The first-order valence-electron chi connectivity index (χ1n) is 10.9. The second kappa shape index (κ2) is 9.32. The summed E-state index contributed by atoms with van der Waals surface area (Å²) < 4.78 is 5.37. The molecule has 2 aromatic rings. The average molecular weight is 411 g/mol. The van der Waals surface area contributed by atoms with Crippen molar-refractivity contribution in [3.05, 3.63) is 48.0 Å². The molecule has 0 spiro atoms. The Kier molecular flexibility index (Phi) is 6.35. The van der Waals surface area contributed by atoms with Crippen LogP contribution in [0.25, 0.3) is 0 Å². The third-order valence-corrected chi connectivity index (χ3v) is 6.23. The van der Waals surface area contributed by atoms with Crippen molar-refractivity contribution in [3.63, 3.8) is 0 Å². The largest absolute Gasteiger partial charge is 0.459 e. The van der Waals surface area contributed by atoms with Crippen LogP contribution in [0.15, 0.2) is 41.1 Å². The number of amides is 2. The van der Waals surface area contributed by atoms with Gasteiger partial charge < -0.3 is 19.1 Å². The van der Waals surface area contributed by atoms with Crippen LogP contribution in [0.5, 0.6) is 0 Å². The molecule has 30 heavy (non-hydrogen) atoms. The van der Waals surface area contributed by atoms with Crippen molar-refractivity contribution in [1.29, 1.82) is 0 Å². The topological polar surface area (TPSA) is 69.9 Å². The maximum Gasteiger partial charge on any atom is 0.289 e. The Labute approximate surface area is 177 Å². The average Bonchev–Trinajstić information content (AvgIpc) is 3.23. The Hall–Kier alpha value is -2.83.